The summed E-state index contributed by atoms with van der Waals surface area (Å²) in [5.41, 5.74) is 0.191. The van der Waals surface area contributed by atoms with Crippen LogP contribution in [0.25, 0.3) is 0 Å². The van der Waals surface area contributed by atoms with Crippen LogP contribution < -0.4 is 5.32 Å². The molecule has 1 fully saturated rings. The van der Waals surface area contributed by atoms with Crippen LogP contribution in [0.3, 0.4) is 0 Å². The Morgan fingerprint density at radius 1 is 1.41 bits per heavy atom. The lowest BCUT2D eigenvalue weighted by atomic mass is 9.93. The molecule has 0 aromatic rings. The third-order valence-electron chi connectivity index (χ3n) is 3.30. The number of carbonyl (C=O) groups is 1. The van der Waals surface area contributed by atoms with Crippen LogP contribution in [-0.4, -0.2) is 37.5 Å². The van der Waals surface area contributed by atoms with Crippen LogP contribution >= 0.6 is 0 Å². The molecule has 17 heavy (non-hydrogen) atoms. The van der Waals surface area contributed by atoms with E-state index in [0.717, 1.165) is 26.1 Å². The summed E-state index contributed by atoms with van der Waals surface area (Å²) in [6.07, 6.45) is 4.29. The van der Waals surface area contributed by atoms with Crippen LogP contribution in [-0.2, 0) is 4.79 Å². The van der Waals surface area contributed by atoms with E-state index in [0.29, 0.717) is 18.2 Å². The molecule has 0 spiro atoms. The van der Waals surface area contributed by atoms with Gasteiger partial charge in [-0.15, -0.1) is 0 Å². The number of amides is 1. The van der Waals surface area contributed by atoms with E-state index in [9.17, 15) is 4.79 Å². The summed E-state index contributed by atoms with van der Waals surface area (Å²) in [4.78, 5) is 13.9. The first-order valence-electron chi connectivity index (χ1n) is 6.83. The largest absolute Gasteiger partial charge is 0.345 e. The monoisotopic (exact) mass is 240 g/mol. The van der Waals surface area contributed by atoms with E-state index >= 15 is 0 Å². The van der Waals surface area contributed by atoms with E-state index in [2.05, 4.69) is 26.1 Å². The second-order valence-corrected chi connectivity index (χ2v) is 6.56. The summed E-state index contributed by atoms with van der Waals surface area (Å²) in [7, 11) is 1.92. The van der Waals surface area contributed by atoms with Gasteiger partial charge in [0.05, 0.1) is 0 Å². The molecule has 0 saturated carbocycles. The molecule has 1 saturated heterocycles. The van der Waals surface area contributed by atoms with Gasteiger partial charge in [-0.05, 0) is 43.7 Å². The maximum Gasteiger partial charge on any atom is 0.222 e. The second-order valence-electron chi connectivity index (χ2n) is 6.56. The van der Waals surface area contributed by atoms with E-state index in [1.807, 2.05) is 11.9 Å². The highest BCUT2D eigenvalue weighted by Gasteiger charge is 2.19. The molecule has 3 nitrogen and oxygen atoms in total. The molecule has 3 heteroatoms. The molecule has 1 amide bonds. The molecule has 0 radical (unpaired) electrons. The predicted molar refractivity (Wildman–Crippen MR) is 71.9 cm³/mol. The van der Waals surface area contributed by atoms with Gasteiger partial charge in [-0.25, -0.2) is 0 Å². The van der Waals surface area contributed by atoms with Crippen LogP contribution in [0.4, 0.5) is 0 Å². The van der Waals surface area contributed by atoms with Crippen molar-refractivity contribution in [2.45, 2.75) is 46.5 Å². The predicted octanol–water partition coefficient (Wildman–Crippen LogP) is 2.27. The van der Waals surface area contributed by atoms with Gasteiger partial charge in [0.25, 0.3) is 0 Å². The fourth-order valence-corrected chi connectivity index (χ4v) is 2.49. The van der Waals surface area contributed by atoms with Crippen molar-refractivity contribution in [3.05, 3.63) is 0 Å². The molecule has 0 aromatic carbocycles. The second kappa shape index (κ2) is 6.39. The summed E-state index contributed by atoms with van der Waals surface area (Å²) in [5.74, 6) is 1.00. The summed E-state index contributed by atoms with van der Waals surface area (Å²) in [6.45, 7) is 9.59. The fourth-order valence-electron chi connectivity index (χ4n) is 2.49. The normalized spacial score (nSPS) is 21.3. The minimum atomic E-state index is 0.191. The molecule has 100 valence electrons. The van der Waals surface area contributed by atoms with Gasteiger partial charge >= 0.3 is 0 Å². The lowest BCUT2D eigenvalue weighted by molar-refractivity contribution is -0.131. The van der Waals surface area contributed by atoms with Crippen molar-refractivity contribution in [2.75, 3.05) is 26.7 Å². The molecule has 1 atom stereocenters. The number of nitrogens with one attached hydrogen (secondary N) is 1. The minimum Gasteiger partial charge on any atom is -0.345 e. The summed E-state index contributed by atoms with van der Waals surface area (Å²) < 4.78 is 0. The smallest absolute Gasteiger partial charge is 0.222 e. The average Bonchev–Trinajstić information content (AvgIpc) is 2.25. The molecule has 0 bridgehead atoms. The van der Waals surface area contributed by atoms with Crippen molar-refractivity contribution >= 4 is 5.91 Å². The lowest BCUT2D eigenvalue weighted by Gasteiger charge is -2.28. The highest BCUT2D eigenvalue weighted by atomic mass is 16.2. The van der Waals surface area contributed by atoms with Gasteiger partial charge in [0.15, 0.2) is 0 Å². The Labute approximate surface area is 106 Å². The van der Waals surface area contributed by atoms with Crippen LogP contribution in [0.2, 0.25) is 0 Å². The third-order valence-corrected chi connectivity index (χ3v) is 3.30. The molecule has 1 N–H and O–H groups in total. The maximum absolute atomic E-state index is 12.0. The Bertz CT molecular complexity index is 239. The van der Waals surface area contributed by atoms with Gasteiger partial charge in [-0.2, -0.15) is 0 Å². The quantitative estimate of drug-likeness (QED) is 0.817. The molecule has 1 heterocycles. The SMILES string of the molecule is CN(CC(C)(C)C)C(=O)CCC1CCCNC1. The van der Waals surface area contributed by atoms with Gasteiger partial charge in [-0.1, -0.05) is 20.8 Å². The lowest BCUT2D eigenvalue weighted by Crippen LogP contribution is -2.35. The zero-order chi connectivity index (χ0) is 12.9. The van der Waals surface area contributed by atoms with Gasteiger partial charge in [-0.3, -0.25) is 4.79 Å². The minimum absolute atomic E-state index is 0.191. The van der Waals surface area contributed by atoms with Gasteiger partial charge in [0.1, 0.15) is 0 Å². The number of nitrogens with zero attached hydrogens (tertiary/aromatic N) is 1. The molecule has 1 aliphatic heterocycles. The first kappa shape index (κ1) is 14.5. The highest BCUT2D eigenvalue weighted by molar-refractivity contribution is 5.75. The first-order valence-corrected chi connectivity index (χ1v) is 6.83. The first-order chi connectivity index (χ1) is 7.88. The number of hydrogen-bond acceptors (Lipinski definition) is 2. The van der Waals surface area contributed by atoms with Crippen molar-refractivity contribution in [3.8, 4) is 0 Å². The van der Waals surface area contributed by atoms with E-state index < -0.39 is 0 Å². The standard InChI is InChI=1S/C14H28N2O/c1-14(2,3)11-16(4)13(17)8-7-12-6-5-9-15-10-12/h12,15H,5-11H2,1-4H3. The van der Waals surface area contributed by atoms with Crippen LogP contribution in [0.5, 0.6) is 0 Å². The molecule has 0 aliphatic carbocycles. The number of carbonyl (C=O) groups excluding carboxylic acids is 1. The van der Waals surface area contributed by atoms with Gasteiger partial charge in [0, 0.05) is 20.0 Å². The van der Waals surface area contributed by atoms with Crippen molar-refractivity contribution in [3.63, 3.8) is 0 Å². The average molecular weight is 240 g/mol. The number of hydrogen-bond donors (Lipinski definition) is 1. The fraction of sp³-hybridized carbons (Fsp3) is 0.929. The Kier molecular flexibility index (Phi) is 5.44. The van der Waals surface area contributed by atoms with Crippen LogP contribution in [0.15, 0.2) is 0 Å². The molecular weight excluding hydrogens is 212 g/mol. The number of rotatable bonds is 4. The zero-order valence-electron chi connectivity index (χ0n) is 11.9. The highest BCUT2D eigenvalue weighted by Crippen LogP contribution is 2.18. The Hall–Kier alpha value is -0.570. The van der Waals surface area contributed by atoms with E-state index in [1.54, 1.807) is 0 Å². The third kappa shape index (κ3) is 6.06. The van der Waals surface area contributed by atoms with Gasteiger partial charge < -0.3 is 10.2 Å². The van der Waals surface area contributed by atoms with Crippen molar-refractivity contribution in [2.24, 2.45) is 11.3 Å². The Balaban J connectivity index is 2.23. The molecular formula is C14H28N2O. The van der Waals surface area contributed by atoms with Gasteiger partial charge in [0.2, 0.25) is 5.91 Å². The van der Waals surface area contributed by atoms with Crippen molar-refractivity contribution < 1.29 is 4.79 Å². The van der Waals surface area contributed by atoms with Crippen LogP contribution in [0, 0.1) is 11.3 Å². The van der Waals surface area contributed by atoms with Crippen molar-refractivity contribution in [1.29, 1.82) is 0 Å². The maximum atomic E-state index is 12.0. The molecule has 1 rings (SSSR count). The van der Waals surface area contributed by atoms with Crippen LogP contribution in [0.1, 0.15) is 46.5 Å². The number of piperidine rings is 1. The van der Waals surface area contributed by atoms with E-state index in [-0.39, 0.29) is 5.41 Å². The molecule has 0 aromatic heterocycles. The Morgan fingerprint density at radius 2 is 2.12 bits per heavy atom. The van der Waals surface area contributed by atoms with E-state index in [4.69, 9.17) is 0 Å². The van der Waals surface area contributed by atoms with E-state index in [1.165, 1.54) is 12.8 Å². The zero-order valence-corrected chi connectivity index (χ0v) is 11.9. The summed E-state index contributed by atoms with van der Waals surface area (Å²) >= 11 is 0. The summed E-state index contributed by atoms with van der Waals surface area (Å²) in [6, 6.07) is 0. The molecule has 1 aliphatic rings. The molecule has 1 unspecified atom stereocenters. The Morgan fingerprint density at radius 3 is 2.65 bits per heavy atom. The summed E-state index contributed by atoms with van der Waals surface area (Å²) in [5, 5.41) is 3.40. The topological polar surface area (TPSA) is 32.3 Å². The van der Waals surface area contributed by atoms with Crippen molar-refractivity contribution in [1.82, 2.24) is 10.2 Å².